The van der Waals surface area contributed by atoms with Gasteiger partial charge in [-0.1, -0.05) is 17.7 Å². The Balaban J connectivity index is 1.56. The lowest BCUT2D eigenvalue weighted by molar-refractivity contribution is -0.119. The van der Waals surface area contributed by atoms with Gasteiger partial charge in [-0.15, -0.1) is 0 Å². The molecule has 0 radical (unpaired) electrons. The fourth-order valence-corrected chi connectivity index (χ4v) is 5.14. The number of piperidine rings is 1. The van der Waals surface area contributed by atoms with Gasteiger partial charge < -0.3 is 14.4 Å². The first-order valence-corrected chi connectivity index (χ1v) is 10.5. The zero-order valence-corrected chi connectivity index (χ0v) is 18.2. The number of aromatic nitrogens is 4. The Morgan fingerprint density at radius 3 is 2.71 bits per heavy atom. The van der Waals surface area contributed by atoms with Crippen molar-refractivity contribution in [2.75, 3.05) is 25.0 Å². The highest BCUT2D eigenvalue weighted by Gasteiger charge is 2.43. The van der Waals surface area contributed by atoms with Gasteiger partial charge >= 0.3 is 5.69 Å². The van der Waals surface area contributed by atoms with E-state index in [1.54, 1.807) is 11.6 Å². The number of likely N-dealkylation sites (tertiary alicyclic amines) is 1. The average Bonchev–Trinajstić information content (AvgIpc) is 3.29. The predicted octanol–water partition coefficient (Wildman–Crippen LogP) is 0.577. The summed E-state index contributed by atoms with van der Waals surface area (Å²) in [5, 5.41) is 0. The lowest BCUT2D eigenvalue weighted by Gasteiger charge is -2.36. The number of nitrogens with zero attached hydrogens (tertiary/aromatic N) is 6. The van der Waals surface area contributed by atoms with E-state index in [9.17, 15) is 14.4 Å². The SMILES string of the molecule is Cc1ccc2c(c1)[C@H]1CN(C)CC[C@@H]1N2C(=O)Cn1cnc2c1c(=O)n(C)c(=O)n2C. The van der Waals surface area contributed by atoms with Crippen LogP contribution in [0.2, 0.25) is 0 Å². The highest BCUT2D eigenvalue weighted by molar-refractivity contribution is 5.97. The number of carbonyl (C=O) groups is 1. The van der Waals surface area contributed by atoms with Crippen molar-refractivity contribution >= 4 is 22.8 Å². The number of rotatable bonds is 2. The van der Waals surface area contributed by atoms with Crippen molar-refractivity contribution < 1.29 is 4.79 Å². The summed E-state index contributed by atoms with van der Waals surface area (Å²) in [6, 6.07) is 6.38. The molecule has 4 heterocycles. The maximum atomic E-state index is 13.6. The number of fused-ring (bicyclic) bond motifs is 4. The van der Waals surface area contributed by atoms with E-state index < -0.39 is 11.2 Å². The van der Waals surface area contributed by atoms with Crippen LogP contribution in [-0.4, -0.2) is 55.7 Å². The molecule has 0 bridgehead atoms. The molecule has 9 heteroatoms. The molecule has 0 N–H and O–H groups in total. The molecule has 3 aromatic rings. The van der Waals surface area contributed by atoms with Crippen LogP contribution in [0.25, 0.3) is 11.2 Å². The molecule has 0 unspecified atom stereocenters. The van der Waals surface area contributed by atoms with Gasteiger partial charge in [0.15, 0.2) is 11.2 Å². The molecule has 2 aliphatic heterocycles. The topological polar surface area (TPSA) is 85.4 Å². The Bertz CT molecular complexity index is 1330. The van der Waals surface area contributed by atoms with E-state index in [2.05, 4.69) is 29.9 Å². The number of anilines is 1. The Labute approximate surface area is 179 Å². The minimum atomic E-state index is -0.446. The largest absolute Gasteiger partial charge is 0.332 e. The van der Waals surface area contributed by atoms with Crippen molar-refractivity contribution in [3.63, 3.8) is 0 Å². The van der Waals surface area contributed by atoms with Gasteiger partial charge in [0.2, 0.25) is 5.91 Å². The van der Waals surface area contributed by atoms with Gasteiger partial charge in [-0.05, 0) is 38.6 Å². The molecular formula is C22H26N6O3. The van der Waals surface area contributed by atoms with Gasteiger partial charge in [0.05, 0.1) is 6.33 Å². The standard InChI is InChI=1S/C22H26N6O3/c1-13-5-6-16-14(9-13)15-10-24(2)8-7-17(15)28(16)18(29)11-27-12-23-20-19(27)21(30)26(4)22(31)25(20)3/h5-6,9,12,15,17H,7-8,10-11H2,1-4H3/t15-,17+/m1/s1. The maximum Gasteiger partial charge on any atom is 0.332 e. The molecule has 1 amide bonds. The molecule has 31 heavy (non-hydrogen) atoms. The van der Waals surface area contributed by atoms with E-state index in [1.165, 1.54) is 29.1 Å². The minimum Gasteiger partial charge on any atom is -0.315 e. The summed E-state index contributed by atoms with van der Waals surface area (Å²) in [6.07, 6.45) is 2.38. The van der Waals surface area contributed by atoms with Crippen LogP contribution in [-0.2, 0) is 25.4 Å². The van der Waals surface area contributed by atoms with Crippen LogP contribution < -0.4 is 16.1 Å². The van der Waals surface area contributed by atoms with E-state index in [-0.39, 0.29) is 35.6 Å². The summed E-state index contributed by atoms with van der Waals surface area (Å²) >= 11 is 0. The number of amides is 1. The summed E-state index contributed by atoms with van der Waals surface area (Å²) < 4.78 is 3.94. The number of aryl methyl sites for hydroxylation is 2. The third-order valence-corrected chi connectivity index (χ3v) is 6.74. The van der Waals surface area contributed by atoms with Crippen molar-refractivity contribution in [3.05, 3.63) is 56.5 Å². The fourth-order valence-electron chi connectivity index (χ4n) is 5.14. The molecule has 162 valence electrons. The minimum absolute atomic E-state index is 0.00365. The number of carbonyl (C=O) groups excluding carboxylic acids is 1. The van der Waals surface area contributed by atoms with Crippen molar-refractivity contribution in [2.45, 2.75) is 31.8 Å². The third-order valence-electron chi connectivity index (χ3n) is 6.74. The molecule has 0 spiro atoms. The summed E-state index contributed by atoms with van der Waals surface area (Å²) in [5.41, 5.74) is 3.04. The number of benzene rings is 1. The van der Waals surface area contributed by atoms with E-state index in [4.69, 9.17) is 0 Å². The van der Waals surface area contributed by atoms with E-state index >= 15 is 0 Å². The average molecular weight is 422 g/mol. The third kappa shape index (κ3) is 2.87. The van der Waals surface area contributed by atoms with Crippen LogP contribution in [0.5, 0.6) is 0 Å². The van der Waals surface area contributed by atoms with Crippen molar-refractivity contribution in [3.8, 4) is 0 Å². The quantitative estimate of drug-likeness (QED) is 0.603. The summed E-state index contributed by atoms with van der Waals surface area (Å²) in [5.74, 6) is 0.211. The Kier molecular flexibility index (Phi) is 4.40. The fraction of sp³-hybridized carbons (Fsp3) is 0.455. The van der Waals surface area contributed by atoms with Gasteiger partial charge in [0.1, 0.15) is 6.54 Å². The van der Waals surface area contributed by atoms with Crippen LogP contribution in [0.4, 0.5) is 5.69 Å². The summed E-state index contributed by atoms with van der Waals surface area (Å²) in [7, 11) is 5.13. The molecule has 2 atom stereocenters. The lowest BCUT2D eigenvalue weighted by Crippen LogP contribution is -2.48. The van der Waals surface area contributed by atoms with Crippen LogP contribution >= 0.6 is 0 Å². The van der Waals surface area contributed by atoms with Gasteiger partial charge in [0, 0.05) is 38.3 Å². The number of hydrogen-bond donors (Lipinski definition) is 0. The maximum absolute atomic E-state index is 13.6. The molecule has 0 saturated carbocycles. The predicted molar refractivity (Wildman–Crippen MR) is 118 cm³/mol. The zero-order valence-electron chi connectivity index (χ0n) is 18.2. The smallest absolute Gasteiger partial charge is 0.315 e. The second-order valence-corrected chi connectivity index (χ2v) is 8.80. The van der Waals surface area contributed by atoms with Crippen molar-refractivity contribution in [1.82, 2.24) is 23.6 Å². The number of imidazole rings is 1. The van der Waals surface area contributed by atoms with Crippen LogP contribution in [0.15, 0.2) is 34.1 Å². The van der Waals surface area contributed by atoms with Crippen molar-refractivity contribution in [1.29, 1.82) is 0 Å². The zero-order chi connectivity index (χ0) is 22.0. The second-order valence-electron chi connectivity index (χ2n) is 8.80. The van der Waals surface area contributed by atoms with Crippen LogP contribution in [0.1, 0.15) is 23.5 Å². The summed E-state index contributed by atoms with van der Waals surface area (Å²) in [6.45, 7) is 3.93. The first kappa shape index (κ1) is 19.7. The Morgan fingerprint density at radius 2 is 1.94 bits per heavy atom. The highest BCUT2D eigenvalue weighted by atomic mass is 16.2. The molecule has 9 nitrogen and oxygen atoms in total. The second kappa shape index (κ2) is 6.91. The van der Waals surface area contributed by atoms with Crippen LogP contribution in [0.3, 0.4) is 0 Å². The van der Waals surface area contributed by atoms with Gasteiger partial charge in [-0.25, -0.2) is 9.78 Å². The first-order valence-electron chi connectivity index (χ1n) is 10.5. The molecule has 0 aliphatic carbocycles. The Morgan fingerprint density at radius 1 is 1.16 bits per heavy atom. The lowest BCUT2D eigenvalue weighted by atomic mass is 9.89. The van der Waals surface area contributed by atoms with E-state index in [0.717, 1.165) is 29.8 Å². The monoisotopic (exact) mass is 422 g/mol. The normalized spacial score (nSPS) is 20.8. The van der Waals surface area contributed by atoms with Crippen molar-refractivity contribution in [2.24, 2.45) is 14.1 Å². The highest BCUT2D eigenvalue weighted by Crippen LogP contribution is 2.45. The van der Waals surface area contributed by atoms with E-state index in [0.29, 0.717) is 0 Å². The van der Waals surface area contributed by atoms with Gasteiger partial charge in [-0.2, -0.15) is 0 Å². The van der Waals surface area contributed by atoms with Gasteiger partial charge in [-0.3, -0.25) is 18.7 Å². The van der Waals surface area contributed by atoms with Gasteiger partial charge in [0.25, 0.3) is 5.56 Å². The van der Waals surface area contributed by atoms with Crippen LogP contribution in [0, 0.1) is 6.92 Å². The molecule has 1 aromatic carbocycles. The summed E-state index contributed by atoms with van der Waals surface area (Å²) in [4.78, 5) is 47.0. The Hall–Kier alpha value is -3.20. The first-order chi connectivity index (χ1) is 14.8. The number of likely N-dealkylation sites (N-methyl/N-ethyl adjacent to an activating group) is 1. The molecule has 5 rings (SSSR count). The number of hydrogen-bond acceptors (Lipinski definition) is 5. The molecular weight excluding hydrogens is 396 g/mol. The molecule has 1 saturated heterocycles. The van der Waals surface area contributed by atoms with E-state index in [1.807, 2.05) is 17.0 Å². The molecule has 1 fully saturated rings. The molecule has 2 aliphatic rings. The molecule has 2 aromatic heterocycles.